The third kappa shape index (κ3) is 8.11. The zero-order valence-electron chi connectivity index (χ0n) is 19.2. The highest BCUT2D eigenvalue weighted by Gasteiger charge is 2.09. The van der Waals surface area contributed by atoms with Gasteiger partial charge in [0.2, 0.25) is 0 Å². The first-order chi connectivity index (χ1) is 17.0. The molecule has 0 aliphatic carbocycles. The molecule has 0 aliphatic rings. The number of benzene rings is 4. The molecule has 0 saturated carbocycles. The fourth-order valence-corrected chi connectivity index (χ4v) is 4.99. The quantitative estimate of drug-likeness (QED) is 0.169. The number of ether oxygens (including phenoxy) is 1. The monoisotopic (exact) mass is 630 g/mol. The minimum absolute atomic E-state index is 0.598. The molecule has 0 atom stereocenters. The second-order valence-corrected chi connectivity index (χ2v) is 11.2. The lowest BCUT2D eigenvalue weighted by atomic mass is 10.0. The van der Waals surface area contributed by atoms with Crippen molar-refractivity contribution in [2.24, 2.45) is 0 Å². The summed E-state index contributed by atoms with van der Waals surface area (Å²) in [6.45, 7) is 0. The van der Waals surface area contributed by atoms with Gasteiger partial charge in [-0.3, -0.25) is 0 Å². The van der Waals surface area contributed by atoms with Crippen LogP contribution < -0.4 is 4.74 Å². The van der Waals surface area contributed by atoms with Crippen LogP contribution in [0.25, 0.3) is 0 Å². The number of rotatable bonds is 10. The summed E-state index contributed by atoms with van der Waals surface area (Å²) in [6, 6.07) is 29.0. The van der Waals surface area contributed by atoms with Gasteiger partial charge in [-0.15, -0.1) is 0 Å². The van der Waals surface area contributed by atoms with Crippen LogP contribution in [-0.2, 0) is 25.7 Å². The molecule has 0 heterocycles. The molecule has 5 heteroatoms. The average Bonchev–Trinajstić information content (AvgIpc) is 2.85. The van der Waals surface area contributed by atoms with Crippen LogP contribution >= 0.6 is 55.1 Å². The molecule has 4 rings (SSSR count). The Bertz CT molecular complexity index is 1160. The molecular weight excluding hydrogens is 607 g/mol. The van der Waals surface area contributed by atoms with Crippen LogP contribution in [-0.4, -0.2) is 0 Å². The number of halogens is 4. The summed E-state index contributed by atoms with van der Waals surface area (Å²) in [5, 5.41) is 1.20. The Morgan fingerprint density at radius 2 is 0.829 bits per heavy atom. The Morgan fingerprint density at radius 1 is 0.486 bits per heavy atom. The van der Waals surface area contributed by atoms with E-state index in [0.717, 1.165) is 47.5 Å². The van der Waals surface area contributed by atoms with E-state index < -0.39 is 0 Å². The molecule has 4 aromatic carbocycles. The van der Waals surface area contributed by atoms with Crippen molar-refractivity contribution in [3.63, 3.8) is 0 Å². The van der Waals surface area contributed by atoms with E-state index in [2.05, 4.69) is 92.5 Å². The van der Waals surface area contributed by atoms with Gasteiger partial charge in [-0.2, -0.15) is 0 Å². The van der Waals surface area contributed by atoms with Crippen LogP contribution in [0.5, 0.6) is 11.5 Å². The first-order valence-electron chi connectivity index (χ1n) is 11.7. The lowest BCUT2D eigenvalue weighted by molar-refractivity contribution is 0.482. The number of hydrogen-bond acceptors (Lipinski definition) is 1. The molecule has 0 saturated heterocycles. The Hall–Kier alpha value is -1.78. The molecule has 0 fully saturated rings. The number of aryl methyl sites for hydroxylation is 4. The summed E-state index contributed by atoms with van der Waals surface area (Å²) in [5.74, 6) is 1.24. The zero-order valence-corrected chi connectivity index (χ0v) is 23.9. The third-order valence-electron chi connectivity index (χ3n) is 5.90. The fourth-order valence-electron chi connectivity index (χ4n) is 3.98. The summed E-state index contributed by atoms with van der Waals surface area (Å²) in [4.78, 5) is 0. The van der Waals surface area contributed by atoms with Crippen molar-refractivity contribution >= 4 is 55.1 Å². The summed E-state index contributed by atoms with van der Waals surface area (Å²) in [6.07, 6.45) is 6.13. The van der Waals surface area contributed by atoms with Crippen molar-refractivity contribution < 1.29 is 4.74 Å². The normalized spacial score (nSPS) is 11.0. The van der Waals surface area contributed by atoms with Gasteiger partial charge in [0.25, 0.3) is 0 Å². The molecule has 0 N–H and O–H groups in total. The standard InChI is InChI=1S/C30H26Br2Cl2O/c31-25-13-7-21(8-14-25)3-1-5-23-11-17-29(27(33)19-23)35-30-18-12-24(20-28(30)34)6-2-4-22-9-15-26(32)16-10-22/h7-20H,1-6H2. The second kappa shape index (κ2) is 13.0. The van der Waals surface area contributed by atoms with Crippen LogP contribution in [0.3, 0.4) is 0 Å². The van der Waals surface area contributed by atoms with E-state index in [9.17, 15) is 0 Å². The van der Waals surface area contributed by atoms with Gasteiger partial charge in [-0.25, -0.2) is 0 Å². The molecule has 0 bridgehead atoms. The highest BCUT2D eigenvalue weighted by Crippen LogP contribution is 2.35. The Balaban J connectivity index is 1.29. The maximum Gasteiger partial charge on any atom is 0.146 e. The SMILES string of the molecule is Clc1cc(CCCc2ccc(Br)cc2)ccc1Oc1ccc(CCCc2ccc(Br)cc2)cc1Cl. The summed E-state index contributed by atoms with van der Waals surface area (Å²) >= 11 is 20.0. The minimum Gasteiger partial charge on any atom is -0.454 e. The summed E-state index contributed by atoms with van der Waals surface area (Å²) in [7, 11) is 0. The summed E-state index contributed by atoms with van der Waals surface area (Å²) in [5.41, 5.74) is 5.08. The topological polar surface area (TPSA) is 9.23 Å². The van der Waals surface area contributed by atoms with Gasteiger partial charge in [-0.05, 0) is 109 Å². The van der Waals surface area contributed by atoms with Gasteiger partial charge >= 0.3 is 0 Å². The van der Waals surface area contributed by atoms with E-state index in [0.29, 0.717) is 21.5 Å². The predicted octanol–water partition coefficient (Wildman–Crippen LogP) is 10.7. The lowest BCUT2D eigenvalue weighted by Crippen LogP contribution is -1.93. The smallest absolute Gasteiger partial charge is 0.146 e. The second-order valence-electron chi connectivity index (χ2n) is 8.59. The summed E-state index contributed by atoms with van der Waals surface area (Å²) < 4.78 is 8.26. The maximum atomic E-state index is 6.54. The zero-order chi connectivity index (χ0) is 24.6. The van der Waals surface area contributed by atoms with Gasteiger partial charge in [0.1, 0.15) is 11.5 Å². The Morgan fingerprint density at radius 3 is 1.20 bits per heavy atom. The molecule has 4 aromatic rings. The van der Waals surface area contributed by atoms with Gasteiger partial charge in [0.15, 0.2) is 0 Å². The van der Waals surface area contributed by atoms with E-state index in [1.54, 1.807) is 0 Å². The Labute approximate surface area is 234 Å². The first kappa shape index (κ1) is 26.3. The van der Waals surface area contributed by atoms with Crippen LogP contribution in [0.1, 0.15) is 35.1 Å². The van der Waals surface area contributed by atoms with Gasteiger partial charge in [0.05, 0.1) is 10.0 Å². The molecule has 180 valence electrons. The van der Waals surface area contributed by atoms with Crippen molar-refractivity contribution in [2.45, 2.75) is 38.5 Å². The highest BCUT2D eigenvalue weighted by molar-refractivity contribution is 9.10. The molecule has 0 unspecified atom stereocenters. The van der Waals surface area contributed by atoms with Crippen molar-refractivity contribution in [1.29, 1.82) is 0 Å². The Kier molecular flexibility index (Phi) is 9.74. The van der Waals surface area contributed by atoms with Crippen molar-refractivity contribution in [3.8, 4) is 11.5 Å². The van der Waals surface area contributed by atoms with Crippen LogP contribution in [0.4, 0.5) is 0 Å². The van der Waals surface area contributed by atoms with E-state index in [1.807, 2.05) is 24.3 Å². The van der Waals surface area contributed by atoms with Crippen molar-refractivity contribution in [1.82, 2.24) is 0 Å². The molecule has 0 amide bonds. The van der Waals surface area contributed by atoms with Crippen molar-refractivity contribution in [2.75, 3.05) is 0 Å². The fraction of sp³-hybridized carbons (Fsp3) is 0.200. The largest absolute Gasteiger partial charge is 0.454 e. The highest BCUT2D eigenvalue weighted by atomic mass is 79.9. The van der Waals surface area contributed by atoms with E-state index in [-0.39, 0.29) is 0 Å². The number of hydrogen-bond donors (Lipinski definition) is 0. The minimum atomic E-state index is 0.598. The van der Waals surface area contributed by atoms with Crippen LogP contribution in [0.15, 0.2) is 93.9 Å². The molecule has 0 aromatic heterocycles. The van der Waals surface area contributed by atoms with Gasteiger partial charge in [0, 0.05) is 8.95 Å². The predicted molar refractivity (Wildman–Crippen MR) is 155 cm³/mol. The molecule has 1 nitrogen and oxygen atoms in total. The molecule has 0 radical (unpaired) electrons. The molecule has 0 aliphatic heterocycles. The van der Waals surface area contributed by atoms with E-state index in [1.165, 1.54) is 22.3 Å². The third-order valence-corrected chi connectivity index (χ3v) is 7.55. The first-order valence-corrected chi connectivity index (χ1v) is 14.0. The van der Waals surface area contributed by atoms with Gasteiger partial charge < -0.3 is 4.74 Å². The van der Waals surface area contributed by atoms with E-state index in [4.69, 9.17) is 27.9 Å². The molecule has 0 spiro atoms. The van der Waals surface area contributed by atoms with Crippen LogP contribution in [0.2, 0.25) is 10.0 Å². The maximum absolute atomic E-state index is 6.54. The van der Waals surface area contributed by atoms with Gasteiger partial charge in [-0.1, -0.05) is 91.5 Å². The molecule has 35 heavy (non-hydrogen) atoms. The van der Waals surface area contributed by atoms with Crippen LogP contribution in [0, 0.1) is 0 Å². The van der Waals surface area contributed by atoms with E-state index >= 15 is 0 Å². The van der Waals surface area contributed by atoms with Crippen molar-refractivity contribution in [3.05, 3.63) is 126 Å². The molecular formula is C30H26Br2Cl2O. The average molecular weight is 633 g/mol. The lowest BCUT2D eigenvalue weighted by Gasteiger charge is -2.12.